The van der Waals surface area contributed by atoms with Crippen LogP contribution in [0.4, 0.5) is 8.78 Å². The minimum absolute atomic E-state index is 0.170. The van der Waals surface area contributed by atoms with Crippen molar-refractivity contribution in [3.8, 4) is 11.5 Å². The molecule has 0 spiro atoms. The van der Waals surface area contributed by atoms with Crippen molar-refractivity contribution in [3.63, 3.8) is 0 Å². The van der Waals surface area contributed by atoms with Gasteiger partial charge < -0.3 is 9.84 Å². The molecule has 112 valence electrons. The van der Waals surface area contributed by atoms with Crippen molar-refractivity contribution >= 4 is 0 Å². The SMILES string of the molecule is Cc1ccc(C(C)C)c(Oc2c(F)cc(CO)cc2F)c1. The molecule has 0 aliphatic carbocycles. The van der Waals surface area contributed by atoms with Crippen LogP contribution in [-0.2, 0) is 6.61 Å². The molecule has 0 amide bonds. The van der Waals surface area contributed by atoms with Gasteiger partial charge in [-0.05, 0) is 47.7 Å². The van der Waals surface area contributed by atoms with Crippen LogP contribution in [0.1, 0.15) is 36.5 Å². The lowest BCUT2D eigenvalue weighted by atomic mass is 10.0. The third-order valence-electron chi connectivity index (χ3n) is 3.24. The van der Waals surface area contributed by atoms with Crippen molar-refractivity contribution in [2.75, 3.05) is 0 Å². The molecule has 2 aromatic carbocycles. The second kappa shape index (κ2) is 6.22. The van der Waals surface area contributed by atoms with E-state index in [1.54, 1.807) is 6.07 Å². The summed E-state index contributed by atoms with van der Waals surface area (Å²) in [6.45, 7) is 5.44. The Bertz CT molecular complexity index is 628. The van der Waals surface area contributed by atoms with Crippen LogP contribution in [0.25, 0.3) is 0 Å². The van der Waals surface area contributed by atoms with Crippen molar-refractivity contribution in [3.05, 3.63) is 58.7 Å². The average Bonchev–Trinajstić information content (AvgIpc) is 2.42. The number of halogens is 2. The standard InChI is InChI=1S/C17H18F2O2/c1-10(2)13-5-4-11(3)6-16(13)21-17-14(18)7-12(9-20)8-15(17)19/h4-8,10,20H,9H2,1-3H3. The van der Waals surface area contributed by atoms with Crippen LogP contribution < -0.4 is 4.74 Å². The predicted molar refractivity (Wildman–Crippen MR) is 77.6 cm³/mol. The van der Waals surface area contributed by atoms with Crippen molar-refractivity contribution in [1.82, 2.24) is 0 Å². The van der Waals surface area contributed by atoms with E-state index in [4.69, 9.17) is 9.84 Å². The Hall–Kier alpha value is -1.94. The summed E-state index contributed by atoms with van der Waals surface area (Å²) in [6.07, 6.45) is 0. The van der Waals surface area contributed by atoms with Crippen LogP contribution in [0.5, 0.6) is 11.5 Å². The fourth-order valence-corrected chi connectivity index (χ4v) is 2.12. The van der Waals surface area contributed by atoms with Gasteiger partial charge in [0, 0.05) is 0 Å². The maximum atomic E-state index is 13.9. The third kappa shape index (κ3) is 3.39. The highest BCUT2D eigenvalue weighted by atomic mass is 19.1. The summed E-state index contributed by atoms with van der Waals surface area (Å²) in [4.78, 5) is 0. The van der Waals surface area contributed by atoms with Crippen LogP contribution in [0.2, 0.25) is 0 Å². The molecule has 0 aromatic heterocycles. The van der Waals surface area contributed by atoms with E-state index < -0.39 is 24.0 Å². The average molecular weight is 292 g/mol. The van der Waals surface area contributed by atoms with E-state index in [1.165, 1.54) is 0 Å². The number of ether oxygens (including phenoxy) is 1. The summed E-state index contributed by atoms with van der Waals surface area (Å²) in [5.41, 5.74) is 2.00. The maximum Gasteiger partial charge on any atom is 0.198 e. The molecule has 0 heterocycles. The van der Waals surface area contributed by atoms with Crippen molar-refractivity contribution in [2.24, 2.45) is 0 Å². The van der Waals surface area contributed by atoms with Gasteiger partial charge in [0.2, 0.25) is 0 Å². The minimum Gasteiger partial charge on any atom is -0.451 e. The van der Waals surface area contributed by atoms with Gasteiger partial charge in [-0.25, -0.2) is 8.78 Å². The molecule has 0 aliphatic heterocycles. The van der Waals surface area contributed by atoms with Crippen LogP contribution in [-0.4, -0.2) is 5.11 Å². The molecular weight excluding hydrogens is 274 g/mol. The molecule has 1 N–H and O–H groups in total. The predicted octanol–water partition coefficient (Wildman–Crippen LogP) is 4.68. The van der Waals surface area contributed by atoms with Gasteiger partial charge in [-0.3, -0.25) is 0 Å². The van der Waals surface area contributed by atoms with Gasteiger partial charge in [-0.1, -0.05) is 26.0 Å². The van der Waals surface area contributed by atoms with Gasteiger partial charge in [-0.2, -0.15) is 0 Å². The van der Waals surface area contributed by atoms with Crippen LogP contribution in [0, 0.1) is 18.6 Å². The van der Waals surface area contributed by atoms with Gasteiger partial charge >= 0.3 is 0 Å². The van der Waals surface area contributed by atoms with Gasteiger partial charge in [0.25, 0.3) is 0 Å². The van der Waals surface area contributed by atoms with E-state index in [9.17, 15) is 8.78 Å². The summed E-state index contributed by atoms with van der Waals surface area (Å²) in [5, 5.41) is 8.95. The first-order valence-electron chi connectivity index (χ1n) is 6.79. The highest BCUT2D eigenvalue weighted by Gasteiger charge is 2.16. The van der Waals surface area contributed by atoms with Gasteiger partial charge in [-0.15, -0.1) is 0 Å². The Kier molecular flexibility index (Phi) is 4.58. The molecule has 2 rings (SSSR count). The zero-order valence-corrected chi connectivity index (χ0v) is 12.3. The topological polar surface area (TPSA) is 29.5 Å². The van der Waals surface area contributed by atoms with Crippen LogP contribution >= 0.6 is 0 Å². The highest BCUT2D eigenvalue weighted by Crippen LogP contribution is 2.34. The van der Waals surface area contributed by atoms with Crippen LogP contribution in [0.3, 0.4) is 0 Å². The van der Waals surface area contributed by atoms with Gasteiger partial charge in [0.1, 0.15) is 5.75 Å². The first-order valence-corrected chi connectivity index (χ1v) is 6.79. The molecule has 0 atom stereocenters. The molecule has 2 aromatic rings. The lowest BCUT2D eigenvalue weighted by molar-refractivity contribution is 0.279. The smallest absolute Gasteiger partial charge is 0.198 e. The number of aliphatic hydroxyl groups excluding tert-OH is 1. The van der Waals surface area contributed by atoms with E-state index >= 15 is 0 Å². The zero-order valence-electron chi connectivity index (χ0n) is 12.3. The monoisotopic (exact) mass is 292 g/mol. The molecule has 21 heavy (non-hydrogen) atoms. The van der Waals surface area contributed by atoms with Crippen molar-refractivity contribution in [1.29, 1.82) is 0 Å². The molecule has 0 saturated carbocycles. The lowest BCUT2D eigenvalue weighted by Gasteiger charge is -2.15. The quantitative estimate of drug-likeness (QED) is 0.886. The zero-order chi connectivity index (χ0) is 15.6. The van der Waals surface area contributed by atoms with E-state index in [2.05, 4.69) is 0 Å². The Morgan fingerprint density at radius 1 is 1.10 bits per heavy atom. The highest BCUT2D eigenvalue weighted by molar-refractivity contribution is 5.43. The number of rotatable bonds is 4. The Morgan fingerprint density at radius 2 is 1.71 bits per heavy atom. The Labute approximate surface area is 123 Å². The van der Waals surface area contributed by atoms with Gasteiger partial charge in [0.15, 0.2) is 17.4 Å². The summed E-state index contributed by atoms with van der Waals surface area (Å²) < 4.78 is 33.4. The molecular formula is C17H18F2O2. The molecule has 0 saturated heterocycles. The van der Waals surface area contributed by atoms with Crippen LogP contribution in [0.15, 0.2) is 30.3 Å². The molecule has 0 aliphatic rings. The van der Waals surface area contributed by atoms with Crippen molar-refractivity contribution in [2.45, 2.75) is 33.3 Å². The Balaban J connectivity index is 2.45. The molecule has 0 radical (unpaired) electrons. The Morgan fingerprint density at radius 3 is 2.24 bits per heavy atom. The lowest BCUT2D eigenvalue weighted by Crippen LogP contribution is -1.99. The summed E-state index contributed by atoms with van der Waals surface area (Å²) in [7, 11) is 0. The van der Waals surface area contributed by atoms with Gasteiger partial charge in [0.05, 0.1) is 6.61 Å². The number of hydrogen-bond acceptors (Lipinski definition) is 2. The summed E-state index contributed by atoms with van der Waals surface area (Å²) >= 11 is 0. The summed E-state index contributed by atoms with van der Waals surface area (Å²) in [5.74, 6) is -1.48. The normalized spacial score (nSPS) is 11.0. The van der Waals surface area contributed by atoms with E-state index in [0.29, 0.717) is 5.75 Å². The largest absolute Gasteiger partial charge is 0.451 e. The number of aliphatic hydroxyl groups is 1. The molecule has 0 bridgehead atoms. The number of aryl methyl sites for hydroxylation is 1. The van der Waals surface area contributed by atoms with E-state index in [1.807, 2.05) is 32.9 Å². The molecule has 0 fully saturated rings. The second-order valence-corrected chi connectivity index (χ2v) is 5.34. The number of hydrogen-bond donors (Lipinski definition) is 1. The fourth-order valence-electron chi connectivity index (χ4n) is 2.12. The first-order chi connectivity index (χ1) is 9.92. The fraction of sp³-hybridized carbons (Fsp3) is 0.294. The maximum absolute atomic E-state index is 13.9. The van der Waals surface area contributed by atoms with Crippen molar-refractivity contribution < 1.29 is 18.6 Å². The number of benzene rings is 2. The van der Waals surface area contributed by atoms with E-state index in [-0.39, 0.29) is 11.5 Å². The minimum atomic E-state index is -0.824. The third-order valence-corrected chi connectivity index (χ3v) is 3.24. The van der Waals surface area contributed by atoms with E-state index in [0.717, 1.165) is 23.3 Å². The second-order valence-electron chi connectivity index (χ2n) is 5.34. The molecule has 4 heteroatoms. The first kappa shape index (κ1) is 15.4. The summed E-state index contributed by atoms with van der Waals surface area (Å²) in [6, 6.07) is 7.73. The molecule has 2 nitrogen and oxygen atoms in total. The molecule has 0 unspecified atom stereocenters.